The average molecular weight is 356 g/mol. The third-order valence-corrected chi connectivity index (χ3v) is 5.54. The number of ether oxygens (including phenoxy) is 1. The Balaban J connectivity index is 1.69. The molecule has 6 nitrogen and oxygen atoms in total. The van der Waals surface area contributed by atoms with E-state index in [0.717, 1.165) is 5.56 Å². The number of benzene rings is 2. The highest BCUT2D eigenvalue weighted by Gasteiger charge is 2.45. The lowest BCUT2D eigenvalue weighted by molar-refractivity contribution is -0.120. The van der Waals surface area contributed by atoms with Crippen molar-refractivity contribution >= 4 is 15.9 Å². The lowest BCUT2D eigenvalue weighted by atomic mass is 10.1. The predicted molar refractivity (Wildman–Crippen MR) is 90.3 cm³/mol. The molecule has 0 spiro atoms. The van der Waals surface area contributed by atoms with E-state index < -0.39 is 21.8 Å². The molecule has 0 saturated heterocycles. The lowest BCUT2D eigenvalue weighted by Gasteiger charge is -2.08. The van der Waals surface area contributed by atoms with E-state index in [0.29, 0.717) is 17.7 Å². The molecule has 25 heavy (non-hydrogen) atoms. The molecule has 1 aliphatic rings. The monoisotopic (exact) mass is 356 g/mol. The van der Waals surface area contributed by atoms with Crippen LogP contribution < -0.4 is 9.46 Å². The van der Waals surface area contributed by atoms with Gasteiger partial charge in [-0.15, -0.1) is 0 Å². The number of nitrogens with one attached hydrogen (secondary N) is 1. The van der Waals surface area contributed by atoms with Gasteiger partial charge in [-0.1, -0.05) is 12.1 Å². The third kappa shape index (κ3) is 3.64. The fourth-order valence-electron chi connectivity index (χ4n) is 2.71. The molecule has 1 saturated carbocycles. The number of hydrogen-bond acceptors (Lipinski definition) is 5. The number of hydrogen-bond donors (Lipinski definition) is 1. The van der Waals surface area contributed by atoms with Gasteiger partial charge in [0, 0.05) is 5.92 Å². The molecule has 2 aromatic rings. The van der Waals surface area contributed by atoms with Gasteiger partial charge < -0.3 is 4.74 Å². The molecule has 3 rings (SSSR count). The quantitative estimate of drug-likeness (QED) is 0.886. The minimum atomic E-state index is -3.92. The summed E-state index contributed by atoms with van der Waals surface area (Å²) in [6.45, 7) is 0. The lowest BCUT2D eigenvalue weighted by Crippen LogP contribution is -2.32. The molecule has 0 radical (unpaired) electrons. The Morgan fingerprint density at radius 2 is 1.96 bits per heavy atom. The van der Waals surface area contributed by atoms with E-state index in [9.17, 15) is 13.2 Å². The number of carbonyl (C=O) groups excluding carboxylic acids is 1. The smallest absolute Gasteiger partial charge is 0.264 e. The number of amides is 1. The molecule has 2 atom stereocenters. The van der Waals surface area contributed by atoms with E-state index in [-0.39, 0.29) is 10.8 Å². The van der Waals surface area contributed by atoms with Gasteiger partial charge in [0.15, 0.2) is 0 Å². The molecular weight excluding hydrogens is 340 g/mol. The Hall–Kier alpha value is -2.85. The molecule has 2 aromatic carbocycles. The largest absolute Gasteiger partial charge is 0.497 e. The van der Waals surface area contributed by atoms with Crippen LogP contribution in [-0.2, 0) is 14.8 Å². The van der Waals surface area contributed by atoms with Crippen LogP contribution >= 0.6 is 0 Å². The molecule has 0 aliphatic heterocycles. The number of rotatable bonds is 5. The van der Waals surface area contributed by atoms with E-state index >= 15 is 0 Å². The van der Waals surface area contributed by atoms with Crippen molar-refractivity contribution in [1.29, 1.82) is 5.26 Å². The van der Waals surface area contributed by atoms with Crippen molar-refractivity contribution in [2.24, 2.45) is 5.92 Å². The van der Waals surface area contributed by atoms with Gasteiger partial charge in [-0.2, -0.15) is 5.26 Å². The highest BCUT2D eigenvalue weighted by atomic mass is 32.2. The molecule has 1 fully saturated rings. The standard InChI is InChI=1S/C18H16N2O4S/c1-24-14-5-7-15(8-6-14)25(22,23)20-18(21)17-10-16(17)13-4-2-3-12(9-13)11-19/h2-9,16-17H,10H2,1H3,(H,20,21)/t16-,17-/m0/s1. The zero-order valence-electron chi connectivity index (χ0n) is 13.5. The van der Waals surface area contributed by atoms with Crippen LogP contribution in [0.15, 0.2) is 53.4 Å². The summed E-state index contributed by atoms with van der Waals surface area (Å²) in [5.41, 5.74) is 1.40. The highest BCUT2D eigenvalue weighted by Crippen LogP contribution is 2.47. The summed E-state index contributed by atoms with van der Waals surface area (Å²) in [4.78, 5) is 12.3. The van der Waals surface area contributed by atoms with Gasteiger partial charge in [0.2, 0.25) is 5.91 Å². The first-order chi connectivity index (χ1) is 11.9. The highest BCUT2D eigenvalue weighted by molar-refractivity contribution is 7.90. The van der Waals surface area contributed by atoms with Crippen LogP contribution in [0.5, 0.6) is 5.75 Å². The number of methoxy groups -OCH3 is 1. The summed E-state index contributed by atoms with van der Waals surface area (Å²) in [7, 11) is -2.43. The Bertz CT molecular complexity index is 946. The third-order valence-electron chi connectivity index (χ3n) is 4.18. The fraction of sp³-hybridized carbons (Fsp3) is 0.222. The van der Waals surface area contributed by atoms with Crippen molar-refractivity contribution in [3.8, 4) is 11.8 Å². The summed E-state index contributed by atoms with van der Waals surface area (Å²) < 4.78 is 31.7. The molecule has 1 N–H and O–H groups in total. The number of carbonyl (C=O) groups is 1. The molecular formula is C18H16N2O4S. The zero-order chi connectivity index (χ0) is 18.0. The van der Waals surface area contributed by atoms with Crippen molar-refractivity contribution in [3.63, 3.8) is 0 Å². The van der Waals surface area contributed by atoms with Crippen molar-refractivity contribution in [2.75, 3.05) is 7.11 Å². The van der Waals surface area contributed by atoms with Crippen molar-refractivity contribution in [2.45, 2.75) is 17.2 Å². The first-order valence-electron chi connectivity index (χ1n) is 7.65. The van der Waals surface area contributed by atoms with E-state index in [4.69, 9.17) is 10.00 Å². The van der Waals surface area contributed by atoms with Crippen LogP contribution in [-0.4, -0.2) is 21.4 Å². The van der Waals surface area contributed by atoms with E-state index in [1.807, 2.05) is 6.07 Å². The van der Waals surface area contributed by atoms with Gasteiger partial charge in [0.1, 0.15) is 5.75 Å². The summed E-state index contributed by atoms with van der Waals surface area (Å²) >= 11 is 0. The van der Waals surface area contributed by atoms with Crippen LogP contribution in [0.3, 0.4) is 0 Å². The van der Waals surface area contributed by atoms with Crippen LogP contribution in [0.25, 0.3) is 0 Å². The zero-order valence-corrected chi connectivity index (χ0v) is 14.3. The topological polar surface area (TPSA) is 96.3 Å². The fourth-order valence-corrected chi connectivity index (χ4v) is 3.74. The SMILES string of the molecule is COc1ccc(S(=O)(=O)NC(=O)[C@H]2C[C@H]2c2cccc(C#N)c2)cc1. The summed E-state index contributed by atoms with van der Waals surface area (Å²) in [6, 6.07) is 14.9. The molecule has 0 aromatic heterocycles. The normalized spacial score (nSPS) is 18.9. The van der Waals surface area contributed by atoms with Gasteiger partial charge in [0.05, 0.1) is 23.6 Å². The summed E-state index contributed by atoms with van der Waals surface area (Å²) in [5.74, 6) is -0.450. The van der Waals surface area contributed by atoms with Gasteiger partial charge in [-0.05, 0) is 54.3 Å². The average Bonchev–Trinajstić information content (AvgIpc) is 3.42. The molecule has 1 aliphatic carbocycles. The van der Waals surface area contributed by atoms with E-state index in [1.54, 1.807) is 18.2 Å². The molecule has 1 amide bonds. The van der Waals surface area contributed by atoms with Crippen molar-refractivity contribution < 1.29 is 17.9 Å². The van der Waals surface area contributed by atoms with Crippen LogP contribution in [0.1, 0.15) is 23.5 Å². The summed E-state index contributed by atoms with van der Waals surface area (Å²) in [5, 5.41) is 8.94. The second kappa shape index (κ2) is 6.57. The van der Waals surface area contributed by atoms with Gasteiger partial charge in [0.25, 0.3) is 10.0 Å². The van der Waals surface area contributed by atoms with Crippen LogP contribution in [0, 0.1) is 17.2 Å². The van der Waals surface area contributed by atoms with Crippen LogP contribution in [0.4, 0.5) is 0 Å². The summed E-state index contributed by atoms with van der Waals surface area (Å²) in [6.07, 6.45) is 0.568. The molecule has 7 heteroatoms. The maximum Gasteiger partial charge on any atom is 0.264 e. The molecule has 0 bridgehead atoms. The molecule has 128 valence electrons. The molecule has 0 heterocycles. The maximum absolute atomic E-state index is 12.3. The second-order valence-corrected chi connectivity index (χ2v) is 7.51. The Morgan fingerprint density at radius 1 is 1.24 bits per heavy atom. The molecule has 0 unspecified atom stereocenters. The van der Waals surface area contributed by atoms with Gasteiger partial charge >= 0.3 is 0 Å². The van der Waals surface area contributed by atoms with E-state index in [2.05, 4.69) is 10.8 Å². The van der Waals surface area contributed by atoms with Gasteiger partial charge in [-0.25, -0.2) is 13.1 Å². The van der Waals surface area contributed by atoms with Gasteiger partial charge in [-0.3, -0.25) is 4.79 Å². The first kappa shape index (κ1) is 17.0. The maximum atomic E-state index is 12.3. The van der Waals surface area contributed by atoms with E-state index in [1.165, 1.54) is 31.4 Å². The first-order valence-corrected chi connectivity index (χ1v) is 9.13. The minimum absolute atomic E-state index is 0.00493. The Morgan fingerprint density at radius 3 is 2.60 bits per heavy atom. The van der Waals surface area contributed by atoms with Crippen LogP contribution in [0.2, 0.25) is 0 Å². The predicted octanol–water partition coefficient (Wildman–Crippen LogP) is 2.18. The Kier molecular flexibility index (Phi) is 4.47. The van der Waals surface area contributed by atoms with Crippen molar-refractivity contribution in [1.82, 2.24) is 4.72 Å². The number of nitriles is 1. The van der Waals surface area contributed by atoms with Crippen molar-refractivity contribution in [3.05, 3.63) is 59.7 Å². The number of sulfonamides is 1. The number of nitrogens with zero attached hydrogens (tertiary/aromatic N) is 1. The second-order valence-electron chi connectivity index (χ2n) is 5.83. The Labute approximate surface area is 146 Å². The minimum Gasteiger partial charge on any atom is -0.497 e.